The minimum Gasteiger partial charge on any atom is -0.396 e. The second-order valence-electron chi connectivity index (χ2n) is 2.74. The van der Waals surface area contributed by atoms with E-state index >= 15 is 0 Å². The normalized spacial score (nSPS) is 10.3. The summed E-state index contributed by atoms with van der Waals surface area (Å²) in [6, 6.07) is 0. The van der Waals surface area contributed by atoms with Crippen LogP contribution in [0.1, 0.15) is 31.9 Å². The number of nitrogens with two attached hydrogens (primary N) is 1. The van der Waals surface area contributed by atoms with Gasteiger partial charge in [0.15, 0.2) is 0 Å². The van der Waals surface area contributed by atoms with Gasteiger partial charge in [-0.15, -0.1) is 0 Å². The molecule has 0 saturated carbocycles. The van der Waals surface area contributed by atoms with Crippen LogP contribution in [-0.4, -0.2) is 10.2 Å². The van der Waals surface area contributed by atoms with Gasteiger partial charge in [0.25, 0.3) is 0 Å². The molecule has 0 bridgehead atoms. The summed E-state index contributed by atoms with van der Waals surface area (Å²) in [6.45, 7) is 2.19. The van der Waals surface area contributed by atoms with E-state index in [0.717, 1.165) is 17.8 Å². The lowest BCUT2D eigenvalue weighted by Crippen LogP contribution is -1.91. The van der Waals surface area contributed by atoms with E-state index < -0.39 is 0 Å². The predicted molar refractivity (Wildman–Crippen MR) is 46.2 cm³/mol. The van der Waals surface area contributed by atoms with Crippen molar-refractivity contribution in [3.8, 4) is 0 Å². The average molecular weight is 153 g/mol. The first-order valence-electron chi connectivity index (χ1n) is 4.12. The lowest BCUT2D eigenvalue weighted by atomic mass is 10.1. The number of aromatic nitrogens is 2. The Hall–Kier alpha value is -0.990. The fraction of sp³-hybridized carbons (Fsp3) is 0.625. The van der Waals surface area contributed by atoms with Crippen LogP contribution in [0.25, 0.3) is 0 Å². The lowest BCUT2D eigenvalue weighted by Gasteiger charge is -1.95. The highest BCUT2D eigenvalue weighted by Crippen LogP contribution is 2.10. The molecule has 0 aliphatic carbocycles. The zero-order valence-corrected chi connectivity index (χ0v) is 6.93. The Bertz CT molecular complexity index is 205. The van der Waals surface area contributed by atoms with Gasteiger partial charge in [-0.25, -0.2) is 0 Å². The van der Waals surface area contributed by atoms with Gasteiger partial charge in [-0.05, 0) is 12.8 Å². The van der Waals surface area contributed by atoms with Crippen molar-refractivity contribution in [2.24, 2.45) is 0 Å². The third kappa shape index (κ3) is 2.26. The molecule has 3 N–H and O–H groups in total. The molecule has 0 saturated heterocycles. The standard InChI is InChI=1S/C8H15N3/c1-2-3-4-5-8-7(9)6-10-11-8/h6H,2-5,9H2,1H3,(H,10,11). The second kappa shape index (κ2) is 4.01. The number of aryl methyl sites for hydroxylation is 1. The summed E-state index contributed by atoms with van der Waals surface area (Å²) in [6.07, 6.45) is 6.42. The molecule has 0 aliphatic rings. The van der Waals surface area contributed by atoms with E-state index in [2.05, 4.69) is 17.1 Å². The summed E-state index contributed by atoms with van der Waals surface area (Å²) in [5.41, 5.74) is 7.43. The Morgan fingerprint density at radius 3 is 2.91 bits per heavy atom. The van der Waals surface area contributed by atoms with Crippen molar-refractivity contribution in [1.82, 2.24) is 10.2 Å². The van der Waals surface area contributed by atoms with E-state index in [1.807, 2.05) is 0 Å². The number of unbranched alkanes of at least 4 members (excludes halogenated alkanes) is 2. The van der Waals surface area contributed by atoms with Crippen molar-refractivity contribution >= 4 is 5.69 Å². The summed E-state index contributed by atoms with van der Waals surface area (Å²) in [5.74, 6) is 0. The number of nitrogens with zero attached hydrogens (tertiary/aromatic N) is 1. The maximum atomic E-state index is 5.63. The number of nitrogen functional groups attached to an aromatic ring is 1. The molecule has 0 aromatic carbocycles. The van der Waals surface area contributed by atoms with Crippen LogP contribution in [0.4, 0.5) is 5.69 Å². The van der Waals surface area contributed by atoms with Crippen LogP contribution < -0.4 is 5.73 Å². The molecular weight excluding hydrogens is 138 g/mol. The molecule has 0 atom stereocenters. The Kier molecular flexibility index (Phi) is 2.95. The quantitative estimate of drug-likeness (QED) is 0.647. The molecule has 3 nitrogen and oxygen atoms in total. The molecule has 62 valence electrons. The van der Waals surface area contributed by atoms with Crippen molar-refractivity contribution in [3.63, 3.8) is 0 Å². The smallest absolute Gasteiger partial charge is 0.0851 e. The van der Waals surface area contributed by atoms with Gasteiger partial charge in [0.2, 0.25) is 0 Å². The summed E-state index contributed by atoms with van der Waals surface area (Å²) in [5, 5.41) is 6.79. The molecule has 0 radical (unpaired) electrons. The van der Waals surface area contributed by atoms with Crippen molar-refractivity contribution in [2.45, 2.75) is 32.6 Å². The van der Waals surface area contributed by atoms with Gasteiger partial charge in [0.05, 0.1) is 11.4 Å². The third-order valence-electron chi connectivity index (χ3n) is 1.77. The molecule has 0 aliphatic heterocycles. The lowest BCUT2D eigenvalue weighted by molar-refractivity contribution is 0.706. The fourth-order valence-corrected chi connectivity index (χ4v) is 1.07. The Morgan fingerprint density at radius 1 is 1.55 bits per heavy atom. The molecule has 11 heavy (non-hydrogen) atoms. The Labute approximate surface area is 67.0 Å². The van der Waals surface area contributed by atoms with Crippen LogP contribution in [0, 0.1) is 0 Å². The van der Waals surface area contributed by atoms with Crippen LogP contribution in [0.15, 0.2) is 6.20 Å². The first-order chi connectivity index (χ1) is 5.34. The van der Waals surface area contributed by atoms with Crippen LogP contribution >= 0.6 is 0 Å². The van der Waals surface area contributed by atoms with Gasteiger partial charge in [0, 0.05) is 6.20 Å². The predicted octanol–water partition coefficient (Wildman–Crippen LogP) is 1.72. The van der Waals surface area contributed by atoms with Crippen molar-refractivity contribution in [1.29, 1.82) is 0 Å². The van der Waals surface area contributed by atoms with Gasteiger partial charge < -0.3 is 5.73 Å². The first kappa shape index (κ1) is 8.11. The number of nitrogens with one attached hydrogen (secondary N) is 1. The number of hydrogen-bond acceptors (Lipinski definition) is 2. The summed E-state index contributed by atoms with van der Waals surface area (Å²) in [4.78, 5) is 0. The maximum absolute atomic E-state index is 5.63. The van der Waals surface area contributed by atoms with Crippen LogP contribution in [-0.2, 0) is 6.42 Å². The molecule has 0 spiro atoms. The molecule has 3 heteroatoms. The topological polar surface area (TPSA) is 54.7 Å². The van der Waals surface area contributed by atoms with E-state index in [1.165, 1.54) is 19.3 Å². The number of hydrogen-bond donors (Lipinski definition) is 2. The highest BCUT2D eigenvalue weighted by Gasteiger charge is 1.99. The highest BCUT2D eigenvalue weighted by molar-refractivity contribution is 5.39. The first-order valence-corrected chi connectivity index (χ1v) is 4.12. The minimum atomic E-state index is 0.793. The number of aromatic amines is 1. The van der Waals surface area contributed by atoms with Crippen LogP contribution in [0.3, 0.4) is 0 Å². The Morgan fingerprint density at radius 2 is 2.36 bits per heavy atom. The number of rotatable bonds is 4. The molecule has 1 heterocycles. The molecule has 1 aromatic rings. The molecular formula is C8H15N3. The van der Waals surface area contributed by atoms with Gasteiger partial charge in [0.1, 0.15) is 0 Å². The maximum Gasteiger partial charge on any atom is 0.0851 e. The average Bonchev–Trinajstić information content (AvgIpc) is 2.37. The molecule has 1 aromatic heterocycles. The third-order valence-corrected chi connectivity index (χ3v) is 1.77. The zero-order valence-electron chi connectivity index (χ0n) is 6.93. The van der Waals surface area contributed by atoms with Crippen molar-refractivity contribution in [3.05, 3.63) is 11.9 Å². The van der Waals surface area contributed by atoms with Crippen molar-refractivity contribution < 1.29 is 0 Å². The van der Waals surface area contributed by atoms with Gasteiger partial charge >= 0.3 is 0 Å². The Balaban J connectivity index is 2.32. The second-order valence-corrected chi connectivity index (χ2v) is 2.74. The van der Waals surface area contributed by atoms with E-state index in [4.69, 9.17) is 5.73 Å². The highest BCUT2D eigenvalue weighted by atomic mass is 15.1. The van der Waals surface area contributed by atoms with E-state index in [-0.39, 0.29) is 0 Å². The van der Waals surface area contributed by atoms with Crippen LogP contribution in [0.5, 0.6) is 0 Å². The minimum absolute atomic E-state index is 0.793. The van der Waals surface area contributed by atoms with E-state index in [9.17, 15) is 0 Å². The molecule has 1 rings (SSSR count). The molecule has 0 amide bonds. The number of H-pyrrole nitrogens is 1. The van der Waals surface area contributed by atoms with Gasteiger partial charge in [-0.2, -0.15) is 5.10 Å². The zero-order chi connectivity index (χ0) is 8.10. The largest absolute Gasteiger partial charge is 0.396 e. The summed E-state index contributed by atoms with van der Waals surface area (Å²) < 4.78 is 0. The van der Waals surface area contributed by atoms with Gasteiger partial charge in [-0.1, -0.05) is 19.8 Å². The SMILES string of the molecule is CCCCCc1n[nH]cc1N. The fourth-order valence-electron chi connectivity index (χ4n) is 1.07. The van der Waals surface area contributed by atoms with Crippen LogP contribution in [0.2, 0.25) is 0 Å². The van der Waals surface area contributed by atoms with Gasteiger partial charge in [-0.3, -0.25) is 5.10 Å². The molecule has 0 unspecified atom stereocenters. The summed E-state index contributed by atoms with van der Waals surface area (Å²) >= 11 is 0. The van der Waals surface area contributed by atoms with E-state index in [0.29, 0.717) is 0 Å². The van der Waals surface area contributed by atoms with Crippen molar-refractivity contribution in [2.75, 3.05) is 5.73 Å². The van der Waals surface area contributed by atoms with E-state index in [1.54, 1.807) is 6.20 Å². The number of anilines is 1. The monoisotopic (exact) mass is 153 g/mol. The summed E-state index contributed by atoms with van der Waals surface area (Å²) in [7, 11) is 0. The molecule has 0 fully saturated rings.